The molecule has 0 amide bonds. The molecule has 1 aromatic carbocycles. The first-order valence-corrected chi connectivity index (χ1v) is 7.40. The van der Waals surface area contributed by atoms with Crippen LogP contribution in [0.1, 0.15) is 25.1 Å². The van der Waals surface area contributed by atoms with Gasteiger partial charge in [0.25, 0.3) is 0 Å². The van der Waals surface area contributed by atoms with Crippen LogP contribution in [0.2, 0.25) is 0 Å². The molecule has 3 rings (SSSR count). The predicted octanol–water partition coefficient (Wildman–Crippen LogP) is 2.80. The summed E-state index contributed by atoms with van der Waals surface area (Å²) in [6.07, 6.45) is 5.87. The highest BCUT2D eigenvalue weighted by Crippen LogP contribution is 2.23. The molecule has 0 bridgehead atoms. The van der Waals surface area contributed by atoms with E-state index in [0.717, 1.165) is 35.6 Å². The summed E-state index contributed by atoms with van der Waals surface area (Å²) < 4.78 is 5.94. The molecule has 0 atom stereocenters. The smallest absolute Gasteiger partial charge is 0.130 e. The fourth-order valence-corrected chi connectivity index (χ4v) is 2.71. The normalized spacial score (nSPS) is 16.4. The van der Waals surface area contributed by atoms with Crippen molar-refractivity contribution < 1.29 is 4.74 Å². The van der Waals surface area contributed by atoms with E-state index in [4.69, 9.17) is 4.74 Å². The number of aromatic nitrogens is 2. The number of hydrogen-bond donors (Lipinski definition) is 0. The van der Waals surface area contributed by atoms with E-state index in [1.54, 1.807) is 0 Å². The molecule has 0 unspecified atom stereocenters. The van der Waals surface area contributed by atoms with E-state index in [1.165, 1.54) is 32.4 Å². The third-order valence-corrected chi connectivity index (χ3v) is 3.82. The topological polar surface area (TPSA) is 38.2 Å². The molecule has 106 valence electrons. The van der Waals surface area contributed by atoms with E-state index < -0.39 is 0 Å². The van der Waals surface area contributed by atoms with Crippen LogP contribution in [0.25, 0.3) is 10.9 Å². The van der Waals surface area contributed by atoms with Gasteiger partial charge in [-0.05, 0) is 45.0 Å². The van der Waals surface area contributed by atoms with E-state index in [0.29, 0.717) is 0 Å². The number of ether oxygens (including phenoxy) is 1. The lowest BCUT2D eigenvalue weighted by molar-refractivity contribution is 0.184. The van der Waals surface area contributed by atoms with E-state index >= 15 is 0 Å². The molecule has 0 saturated carbocycles. The summed E-state index contributed by atoms with van der Waals surface area (Å²) in [5.41, 5.74) is 0.952. The van der Waals surface area contributed by atoms with Crippen molar-refractivity contribution in [3.8, 4) is 5.75 Å². The number of aryl methyl sites for hydroxylation is 1. The van der Waals surface area contributed by atoms with Crippen molar-refractivity contribution in [3.63, 3.8) is 0 Å². The third kappa shape index (κ3) is 3.07. The maximum atomic E-state index is 5.94. The molecule has 0 spiro atoms. The SMILES string of the molecule is Cc1ncc2c(OCCN3CCCCC3)cccc2n1. The van der Waals surface area contributed by atoms with Crippen LogP contribution in [-0.4, -0.2) is 41.1 Å². The standard InChI is InChI=1S/C16H21N3O/c1-13-17-12-14-15(18-13)6-5-7-16(14)20-11-10-19-8-3-2-4-9-19/h5-7,12H,2-4,8-11H2,1H3. The van der Waals surface area contributed by atoms with E-state index in [-0.39, 0.29) is 0 Å². The number of piperidine rings is 1. The van der Waals surface area contributed by atoms with Crippen LogP contribution in [0, 0.1) is 6.92 Å². The molecule has 1 saturated heterocycles. The number of benzene rings is 1. The quantitative estimate of drug-likeness (QED) is 0.857. The largest absolute Gasteiger partial charge is 0.491 e. The minimum atomic E-state index is 0.729. The lowest BCUT2D eigenvalue weighted by atomic mass is 10.1. The van der Waals surface area contributed by atoms with Crippen molar-refractivity contribution >= 4 is 10.9 Å². The molecule has 1 aliphatic rings. The minimum Gasteiger partial charge on any atom is -0.491 e. The zero-order chi connectivity index (χ0) is 13.8. The summed E-state index contributed by atoms with van der Waals surface area (Å²) in [5.74, 6) is 1.68. The van der Waals surface area contributed by atoms with Gasteiger partial charge in [0.2, 0.25) is 0 Å². The fourth-order valence-electron chi connectivity index (χ4n) is 2.71. The van der Waals surface area contributed by atoms with Gasteiger partial charge >= 0.3 is 0 Å². The van der Waals surface area contributed by atoms with Crippen LogP contribution < -0.4 is 4.74 Å². The predicted molar refractivity (Wildman–Crippen MR) is 80.1 cm³/mol. The van der Waals surface area contributed by atoms with Gasteiger partial charge < -0.3 is 4.74 Å². The molecule has 0 radical (unpaired) electrons. The number of hydrogen-bond acceptors (Lipinski definition) is 4. The summed E-state index contributed by atoms with van der Waals surface area (Å²) in [4.78, 5) is 11.2. The third-order valence-electron chi connectivity index (χ3n) is 3.82. The van der Waals surface area contributed by atoms with Crippen LogP contribution in [0.5, 0.6) is 5.75 Å². The Labute approximate surface area is 119 Å². The van der Waals surface area contributed by atoms with Crippen LogP contribution in [-0.2, 0) is 0 Å². The molecule has 4 heteroatoms. The van der Waals surface area contributed by atoms with Crippen molar-refractivity contribution in [2.75, 3.05) is 26.2 Å². The summed E-state index contributed by atoms with van der Waals surface area (Å²) in [7, 11) is 0. The maximum absolute atomic E-state index is 5.94. The first kappa shape index (κ1) is 13.3. The molecule has 1 aromatic heterocycles. The first-order chi connectivity index (χ1) is 9.83. The van der Waals surface area contributed by atoms with Crippen molar-refractivity contribution in [3.05, 3.63) is 30.2 Å². The average molecular weight is 271 g/mol. The molecule has 20 heavy (non-hydrogen) atoms. The monoisotopic (exact) mass is 271 g/mol. The minimum absolute atomic E-state index is 0.729. The van der Waals surface area contributed by atoms with Gasteiger partial charge in [-0.1, -0.05) is 12.5 Å². The number of likely N-dealkylation sites (tertiary alicyclic amines) is 1. The Balaban J connectivity index is 1.65. The Hall–Kier alpha value is -1.68. The molecule has 0 N–H and O–H groups in total. The molecule has 1 fully saturated rings. The zero-order valence-corrected chi connectivity index (χ0v) is 12.0. The zero-order valence-electron chi connectivity index (χ0n) is 12.0. The van der Waals surface area contributed by atoms with E-state index in [1.807, 2.05) is 31.3 Å². The van der Waals surface area contributed by atoms with Crippen LogP contribution >= 0.6 is 0 Å². The van der Waals surface area contributed by atoms with Gasteiger partial charge in [0.05, 0.1) is 10.9 Å². The van der Waals surface area contributed by atoms with Gasteiger partial charge in [-0.15, -0.1) is 0 Å². The number of fused-ring (bicyclic) bond motifs is 1. The molecule has 2 aromatic rings. The number of rotatable bonds is 4. The van der Waals surface area contributed by atoms with Gasteiger partial charge in [-0.25, -0.2) is 9.97 Å². The summed E-state index contributed by atoms with van der Waals surface area (Å²) >= 11 is 0. The van der Waals surface area contributed by atoms with Crippen LogP contribution in [0.15, 0.2) is 24.4 Å². The van der Waals surface area contributed by atoms with Crippen molar-refractivity contribution in [1.82, 2.24) is 14.9 Å². The van der Waals surface area contributed by atoms with E-state index in [9.17, 15) is 0 Å². The van der Waals surface area contributed by atoms with Crippen molar-refractivity contribution in [1.29, 1.82) is 0 Å². The first-order valence-electron chi connectivity index (χ1n) is 7.40. The lowest BCUT2D eigenvalue weighted by Crippen LogP contribution is -2.33. The van der Waals surface area contributed by atoms with Crippen molar-refractivity contribution in [2.45, 2.75) is 26.2 Å². The highest BCUT2D eigenvalue weighted by Gasteiger charge is 2.10. The maximum Gasteiger partial charge on any atom is 0.130 e. The van der Waals surface area contributed by atoms with Gasteiger partial charge in [0.1, 0.15) is 18.2 Å². The van der Waals surface area contributed by atoms with Crippen LogP contribution in [0.3, 0.4) is 0 Å². The fraction of sp³-hybridized carbons (Fsp3) is 0.500. The Kier molecular flexibility index (Phi) is 4.11. The Morgan fingerprint density at radius 3 is 2.90 bits per heavy atom. The molecular weight excluding hydrogens is 250 g/mol. The van der Waals surface area contributed by atoms with Crippen molar-refractivity contribution in [2.24, 2.45) is 0 Å². The molecule has 0 aliphatic carbocycles. The summed E-state index contributed by atoms with van der Waals surface area (Å²) in [5, 5.41) is 0.997. The Morgan fingerprint density at radius 1 is 1.20 bits per heavy atom. The Morgan fingerprint density at radius 2 is 2.05 bits per heavy atom. The average Bonchev–Trinajstić information content (AvgIpc) is 2.48. The second-order valence-corrected chi connectivity index (χ2v) is 5.36. The van der Waals surface area contributed by atoms with Gasteiger partial charge in [-0.2, -0.15) is 0 Å². The second kappa shape index (κ2) is 6.18. The van der Waals surface area contributed by atoms with Crippen LogP contribution in [0.4, 0.5) is 0 Å². The summed E-state index contributed by atoms with van der Waals surface area (Å²) in [6, 6.07) is 5.99. The van der Waals surface area contributed by atoms with Gasteiger partial charge in [-0.3, -0.25) is 4.90 Å². The highest BCUT2D eigenvalue weighted by molar-refractivity contribution is 5.84. The number of nitrogens with zero attached hydrogens (tertiary/aromatic N) is 3. The lowest BCUT2D eigenvalue weighted by Gasteiger charge is -2.26. The van der Waals surface area contributed by atoms with Gasteiger partial charge in [0, 0.05) is 12.7 Å². The second-order valence-electron chi connectivity index (χ2n) is 5.36. The summed E-state index contributed by atoms with van der Waals surface area (Å²) in [6.45, 7) is 6.06. The molecular formula is C16H21N3O. The van der Waals surface area contributed by atoms with Gasteiger partial charge in [0.15, 0.2) is 0 Å². The highest BCUT2D eigenvalue weighted by atomic mass is 16.5. The Bertz CT molecular complexity index is 579. The van der Waals surface area contributed by atoms with E-state index in [2.05, 4.69) is 14.9 Å². The molecule has 2 heterocycles. The molecule has 1 aliphatic heterocycles. The molecule has 4 nitrogen and oxygen atoms in total.